The van der Waals surface area contributed by atoms with E-state index in [0.717, 1.165) is 19.3 Å². The zero-order chi connectivity index (χ0) is 16.0. The Balaban J connectivity index is 1.72. The van der Waals surface area contributed by atoms with Crippen LogP contribution in [0.3, 0.4) is 0 Å². The van der Waals surface area contributed by atoms with Gasteiger partial charge in [0.05, 0.1) is 13.2 Å². The van der Waals surface area contributed by atoms with E-state index in [4.69, 9.17) is 9.47 Å². The van der Waals surface area contributed by atoms with Gasteiger partial charge in [0.15, 0.2) is 0 Å². The van der Waals surface area contributed by atoms with Crippen molar-refractivity contribution in [3.63, 3.8) is 0 Å². The Morgan fingerprint density at radius 3 is 2.83 bits per heavy atom. The molecule has 1 aromatic rings. The van der Waals surface area contributed by atoms with Gasteiger partial charge in [-0.15, -0.1) is 0 Å². The molecule has 4 rings (SSSR count). The molecular formula is C18H21NO4. The molecule has 23 heavy (non-hydrogen) atoms. The summed E-state index contributed by atoms with van der Waals surface area (Å²) in [6.07, 6.45) is 3.80. The number of fused-ring (bicyclic) bond motifs is 1. The minimum Gasteiger partial charge on any atom is -0.468 e. The van der Waals surface area contributed by atoms with Gasteiger partial charge < -0.3 is 14.8 Å². The smallest absolute Gasteiger partial charge is 0.318 e. The summed E-state index contributed by atoms with van der Waals surface area (Å²) in [6.45, 7) is 0. The van der Waals surface area contributed by atoms with E-state index in [2.05, 4.69) is 17.4 Å². The predicted molar refractivity (Wildman–Crippen MR) is 82.4 cm³/mol. The van der Waals surface area contributed by atoms with Crippen molar-refractivity contribution in [1.29, 1.82) is 0 Å². The molecule has 0 unspecified atom stereocenters. The highest BCUT2D eigenvalue weighted by molar-refractivity contribution is 6.00. The van der Waals surface area contributed by atoms with Crippen LogP contribution in [-0.2, 0) is 19.1 Å². The van der Waals surface area contributed by atoms with Gasteiger partial charge in [0.2, 0.25) is 5.91 Å². The zero-order valence-electron chi connectivity index (χ0n) is 13.2. The second kappa shape index (κ2) is 5.34. The van der Waals surface area contributed by atoms with Crippen LogP contribution in [0.15, 0.2) is 30.3 Å². The van der Waals surface area contributed by atoms with Gasteiger partial charge in [-0.05, 0) is 24.3 Å². The molecule has 2 heterocycles. The maximum Gasteiger partial charge on any atom is 0.318 e. The maximum absolute atomic E-state index is 12.3. The fourth-order valence-electron chi connectivity index (χ4n) is 4.71. The Morgan fingerprint density at radius 2 is 2.09 bits per heavy atom. The predicted octanol–water partition coefficient (Wildman–Crippen LogP) is 1.97. The first-order valence-corrected chi connectivity index (χ1v) is 8.27. The Morgan fingerprint density at radius 1 is 1.30 bits per heavy atom. The van der Waals surface area contributed by atoms with E-state index in [1.54, 1.807) is 0 Å². The summed E-state index contributed by atoms with van der Waals surface area (Å²) in [5, 5.41) is 3.01. The lowest BCUT2D eigenvalue weighted by Crippen LogP contribution is -2.46. The molecule has 0 bridgehead atoms. The van der Waals surface area contributed by atoms with Crippen molar-refractivity contribution >= 4 is 11.9 Å². The number of benzene rings is 1. The first-order chi connectivity index (χ1) is 11.1. The highest BCUT2D eigenvalue weighted by Gasteiger charge is 2.62. The second-order valence-corrected chi connectivity index (χ2v) is 6.80. The molecule has 3 aliphatic rings. The van der Waals surface area contributed by atoms with Crippen molar-refractivity contribution < 1.29 is 19.1 Å². The number of methoxy groups -OCH3 is 1. The van der Waals surface area contributed by atoms with Crippen molar-refractivity contribution in [2.45, 2.75) is 43.4 Å². The molecule has 1 amide bonds. The Labute approximate surface area is 135 Å². The Kier molecular flexibility index (Phi) is 3.41. The summed E-state index contributed by atoms with van der Waals surface area (Å²) in [5.41, 5.74) is 0.403. The molecule has 1 aromatic carbocycles. The molecule has 2 aliphatic heterocycles. The summed E-state index contributed by atoms with van der Waals surface area (Å²) in [6, 6.07) is 10.2. The topological polar surface area (TPSA) is 64.6 Å². The Hall–Kier alpha value is -1.88. The van der Waals surface area contributed by atoms with Crippen molar-refractivity contribution in [3.8, 4) is 0 Å². The minimum atomic E-state index is -0.773. The van der Waals surface area contributed by atoms with E-state index in [1.807, 2.05) is 18.2 Å². The summed E-state index contributed by atoms with van der Waals surface area (Å²) < 4.78 is 11.1. The van der Waals surface area contributed by atoms with E-state index in [9.17, 15) is 9.59 Å². The summed E-state index contributed by atoms with van der Waals surface area (Å²) in [7, 11) is 1.32. The van der Waals surface area contributed by atoms with E-state index in [-0.39, 0.29) is 17.9 Å². The average Bonchev–Trinajstić information content (AvgIpc) is 3.20. The largest absolute Gasteiger partial charge is 0.468 e. The van der Waals surface area contributed by atoms with Crippen molar-refractivity contribution in [1.82, 2.24) is 5.32 Å². The number of carbonyl (C=O) groups excluding carboxylic acids is 2. The van der Waals surface area contributed by atoms with Crippen LogP contribution in [0.1, 0.15) is 37.2 Å². The third-order valence-electron chi connectivity index (χ3n) is 5.60. The molecule has 5 atom stereocenters. The molecule has 2 saturated heterocycles. The standard InChI is InChI=1S/C18H21NO4/c1-22-17(21)13-10-18(19-16(13)20)15(11-6-3-2-4-7-11)12-8-5-9-14(12)23-18/h2-4,6-7,12-15H,5,8-10H2,1H3,(H,19,20)/t12-,13-,14+,15+,18-/m0/s1. The number of hydrogen-bond acceptors (Lipinski definition) is 4. The first-order valence-electron chi connectivity index (χ1n) is 8.27. The molecule has 1 N–H and O–H groups in total. The SMILES string of the molecule is COC(=O)[C@H]1C[C@]2(NC1=O)O[C@@H]1CCC[C@@H]1[C@H]2c1ccccc1. The fraction of sp³-hybridized carbons (Fsp3) is 0.556. The summed E-state index contributed by atoms with van der Waals surface area (Å²) in [4.78, 5) is 24.3. The minimum absolute atomic E-state index is 0.0924. The van der Waals surface area contributed by atoms with Gasteiger partial charge in [-0.1, -0.05) is 36.8 Å². The first kappa shape index (κ1) is 14.7. The van der Waals surface area contributed by atoms with Crippen LogP contribution in [0.2, 0.25) is 0 Å². The molecule has 5 nitrogen and oxygen atoms in total. The second-order valence-electron chi connectivity index (χ2n) is 6.80. The van der Waals surface area contributed by atoms with Gasteiger partial charge in [-0.2, -0.15) is 0 Å². The number of amides is 1. The molecule has 3 fully saturated rings. The maximum atomic E-state index is 12.3. The van der Waals surface area contributed by atoms with Crippen LogP contribution in [0.25, 0.3) is 0 Å². The number of esters is 1. The lowest BCUT2D eigenvalue weighted by molar-refractivity contribution is -0.148. The normalized spacial score (nSPS) is 38.6. The van der Waals surface area contributed by atoms with Gasteiger partial charge in [0, 0.05) is 12.3 Å². The Bertz CT molecular complexity index is 631. The average molecular weight is 315 g/mol. The van der Waals surface area contributed by atoms with E-state index in [1.165, 1.54) is 12.7 Å². The van der Waals surface area contributed by atoms with Crippen molar-refractivity contribution in [2.75, 3.05) is 7.11 Å². The number of ether oxygens (including phenoxy) is 2. The molecule has 1 spiro atoms. The fourth-order valence-corrected chi connectivity index (χ4v) is 4.71. The van der Waals surface area contributed by atoms with Crippen molar-refractivity contribution in [3.05, 3.63) is 35.9 Å². The molecule has 122 valence electrons. The van der Waals surface area contributed by atoms with Crippen LogP contribution in [0.4, 0.5) is 0 Å². The van der Waals surface area contributed by atoms with Gasteiger partial charge in [-0.25, -0.2) is 0 Å². The van der Waals surface area contributed by atoms with E-state index in [0.29, 0.717) is 12.3 Å². The molecule has 0 aromatic heterocycles. The monoisotopic (exact) mass is 315 g/mol. The molecule has 0 radical (unpaired) electrons. The van der Waals surface area contributed by atoms with Crippen LogP contribution in [0.5, 0.6) is 0 Å². The van der Waals surface area contributed by atoms with Gasteiger partial charge in [0.1, 0.15) is 11.6 Å². The van der Waals surface area contributed by atoms with Crippen LogP contribution in [-0.4, -0.2) is 30.8 Å². The third kappa shape index (κ3) is 2.17. The molecular weight excluding hydrogens is 294 g/mol. The lowest BCUT2D eigenvalue weighted by atomic mass is 9.78. The lowest BCUT2D eigenvalue weighted by Gasteiger charge is -2.32. The number of hydrogen-bond donors (Lipinski definition) is 1. The van der Waals surface area contributed by atoms with E-state index >= 15 is 0 Å². The zero-order valence-corrected chi connectivity index (χ0v) is 13.2. The van der Waals surface area contributed by atoms with Crippen LogP contribution < -0.4 is 5.32 Å². The molecule has 1 saturated carbocycles. The number of nitrogens with one attached hydrogen (secondary N) is 1. The summed E-state index contributed by atoms with van der Waals surface area (Å²) >= 11 is 0. The van der Waals surface area contributed by atoms with E-state index < -0.39 is 17.6 Å². The van der Waals surface area contributed by atoms with Crippen LogP contribution >= 0.6 is 0 Å². The molecule has 5 heteroatoms. The van der Waals surface area contributed by atoms with Crippen LogP contribution in [0, 0.1) is 11.8 Å². The van der Waals surface area contributed by atoms with Crippen molar-refractivity contribution in [2.24, 2.45) is 11.8 Å². The highest BCUT2D eigenvalue weighted by Crippen LogP contribution is 2.55. The van der Waals surface area contributed by atoms with Gasteiger partial charge in [0.25, 0.3) is 0 Å². The molecule has 1 aliphatic carbocycles. The summed E-state index contributed by atoms with van der Waals surface area (Å²) in [5.74, 6) is -1.04. The quantitative estimate of drug-likeness (QED) is 0.669. The van der Waals surface area contributed by atoms with Gasteiger partial charge >= 0.3 is 5.97 Å². The highest BCUT2D eigenvalue weighted by atomic mass is 16.5. The number of rotatable bonds is 2. The third-order valence-corrected chi connectivity index (χ3v) is 5.60. The number of carbonyl (C=O) groups is 2. The van der Waals surface area contributed by atoms with Gasteiger partial charge in [-0.3, -0.25) is 9.59 Å².